The summed E-state index contributed by atoms with van der Waals surface area (Å²) in [5.74, 6) is 2.68. The van der Waals surface area contributed by atoms with Crippen LogP contribution in [-0.4, -0.2) is 0 Å². The highest BCUT2D eigenvalue weighted by atomic mass is 32.1. The van der Waals surface area contributed by atoms with Gasteiger partial charge in [-0.25, -0.2) is 0 Å². The van der Waals surface area contributed by atoms with Crippen LogP contribution in [0.25, 0.3) is 0 Å². The predicted molar refractivity (Wildman–Crippen MR) is 87.4 cm³/mol. The largest absolute Gasteiger partial charge is 0.378 e. The Labute approximate surface area is 125 Å². The molecule has 2 aromatic rings. The highest BCUT2D eigenvalue weighted by Gasteiger charge is 2.16. The molecule has 3 rings (SSSR count). The van der Waals surface area contributed by atoms with E-state index in [1.807, 2.05) is 29.5 Å². The zero-order valence-corrected chi connectivity index (χ0v) is 12.6. The minimum atomic E-state index is 0.332. The van der Waals surface area contributed by atoms with E-state index >= 15 is 0 Å². The number of aryl methyl sites for hydroxylation is 2. The summed E-state index contributed by atoms with van der Waals surface area (Å²) < 4.78 is 0. The number of fused-ring (bicyclic) bond motifs is 1. The topological polar surface area (TPSA) is 12.0 Å². The summed E-state index contributed by atoms with van der Waals surface area (Å²) in [7, 11) is 0. The van der Waals surface area contributed by atoms with Gasteiger partial charge in [0.05, 0.1) is 6.04 Å². The summed E-state index contributed by atoms with van der Waals surface area (Å²) in [6, 6.07) is 10.8. The average Bonchev–Trinajstić information content (AvgIpc) is 2.91. The van der Waals surface area contributed by atoms with Gasteiger partial charge in [0, 0.05) is 21.0 Å². The van der Waals surface area contributed by atoms with Crippen molar-refractivity contribution in [2.24, 2.45) is 0 Å². The molecule has 1 nitrogen and oxygen atoms in total. The van der Waals surface area contributed by atoms with Crippen molar-refractivity contribution in [2.75, 3.05) is 5.32 Å². The summed E-state index contributed by atoms with van der Waals surface area (Å²) >= 11 is 1.97. The molecule has 0 aliphatic heterocycles. The molecule has 0 fully saturated rings. The van der Waals surface area contributed by atoms with Gasteiger partial charge in [0.1, 0.15) is 0 Å². The summed E-state index contributed by atoms with van der Waals surface area (Å²) in [5.41, 5.74) is 3.59. The van der Waals surface area contributed by atoms with Crippen LogP contribution in [0.3, 0.4) is 0 Å². The zero-order valence-electron chi connectivity index (χ0n) is 11.8. The Morgan fingerprint density at radius 2 is 2.10 bits per heavy atom. The van der Waals surface area contributed by atoms with Gasteiger partial charge >= 0.3 is 0 Å². The van der Waals surface area contributed by atoms with Crippen molar-refractivity contribution < 1.29 is 0 Å². The molecule has 1 aromatic heterocycles. The van der Waals surface area contributed by atoms with Crippen LogP contribution in [-0.2, 0) is 12.8 Å². The second-order valence-electron chi connectivity index (χ2n) is 5.40. The molecule has 0 amide bonds. The van der Waals surface area contributed by atoms with Crippen molar-refractivity contribution in [1.82, 2.24) is 0 Å². The number of nitrogens with one attached hydrogen (secondary N) is 1. The van der Waals surface area contributed by atoms with Crippen LogP contribution in [0.4, 0.5) is 5.69 Å². The first-order chi connectivity index (χ1) is 9.76. The molecule has 1 N–H and O–H groups in total. The first-order valence-corrected chi connectivity index (χ1v) is 8.02. The van der Waals surface area contributed by atoms with Crippen molar-refractivity contribution >= 4 is 17.0 Å². The van der Waals surface area contributed by atoms with Crippen LogP contribution >= 0.6 is 11.3 Å². The first kappa shape index (κ1) is 13.3. The van der Waals surface area contributed by atoms with E-state index in [2.05, 4.69) is 30.3 Å². The first-order valence-electron chi connectivity index (χ1n) is 7.21. The fourth-order valence-corrected chi connectivity index (χ4v) is 4.01. The van der Waals surface area contributed by atoms with Gasteiger partial charge in [-0.05, 0) is 62.4 Å². The molecular formula is C18H19NS. The lowest BCUT2D eigenvalue weighted by atomic mass is 9.99. The molecule has 0 saturated carbocycles. The maximum Gasteiger partial charge on any atom is 0.0578 e. The van der Waals surface area contributed by atoms with E-state index in [1.54, 1.807) is 10.4 Å². The molecular weight excluding hydrogens is 262 g/mol. The third-order valence-corrected chi connectivity index (χ3v) is 5.27. The number of anilines is 1. The molecule has 1 aliphatic carbocycles. The maximum absolute atomic E-state index is 5.45. The quantitative estimate of drug-likeness (QED) is 0.798. The molecule has 0 radical (unpaired) electrons. The highest BCUT2D eigenvalue weighted by Crippen LogP contribution is 2.34. The molecule has 0 saturated heterocycles. The molecule has 0 spiro atoms. The fraction of sp³-hybridized carbons (Fsp3) is 0.333. The van der Waals surface area contributed by atoms with Crippen LogP contribution in [0.5, 0.6) is 0 Å². The Balaban J connectivity index is 1.77. The molecule has 20 heavy (non-hydrogen) atoms. The van der Waals surface area contributed by atoms with Crippen molar-refractivity contribution in [3.63, 3.8) is 0 Å². The monoisotopic (exact) mass is 281 g/mol. The Bertz CT molecular complexity index is 624. The lowest BCUT2D eigenvalue weighted by molar-refractivity contribution is 0.696. The van der Waals surface area contributed by atoms with Crippen LogP contribution in [0.2, 0.25) is 0 Å². The smallest absolute Gasteiger partial charge is 0.0578 e. The maximum atomic E-state index is 5.45. The number of benzene rings is 1. The normalized spacial score (nSPS) is 15.2. The van der Waals surface area contributed by atoms with E-state index in [1.165, 1.54) is 30.6 Å². The van der Waals surface area contributed by atoms with Crippen molar-refractivity contribution in [3.05, 3.63) is 51.2 Å². The Hall–Kier alpha value is -1.72. The Morgan fingerprint density at radius 1 is 1.25 bits per heavy atom. The number of terminal acetylenes is 1. The van der Waals surface area contributed by atoms with E-state index in [9.17, 15) is 0 Å². The van der Waals surface area contributed by atoms with Crippen molar-refractivity contribution in [3.8, 4) is 12.3 Å². The molecule has 0 bridgehead atoms. The summed E-state index contributed by atoms with van der Waals surface area (Å²) in [6.45, 7) is 2.22. The summed E-state index contributed by atoms with van der Waals surface area (Å²) in [6.07, 6.45) is 10.7. The van der Waals surface area contributed by atoms with Gasteiger partial charge in [0.2, 0.25) is 0 Å². The molecule has 1 aliphatic rings. The third kappa shape index (κ3) is 2.73. The van der Waals surface area contributed by atoms with Crippen molar-refractivity contribution in [2.45, 2.75) is 38.6 Å². The van der Waals surface area contributed by atoms with Gasteiger partial charge in [0.15, 0.2) is 0 Å². The van der Waals surface area contributed by atoms with Gasteiger partial charge in [-0.15, -0.1) is 17.8 Å². The van der Waals surface area contributed by atoms with E-state index in [4.69, 9.17) is 6.42 Å². The van der Waals surface area contributed by atoms with Crippen LogP contribution in [0.15, 0.2) is 30.3 Å². The van der Waals surface area contributed by atoms with Gasteiger partial charge in [-0.2, -0.15) is 0 Å². The van der Waals surface area contributed by atoms with Crippen LogP contribution in [0, 0.1) is 12.3 Å². The lowest BCUT2D eigenvalue weighted by Crippen LogP contribution is -2.04. The predicted octanol–water partition coefficient (Wildman–Crippen LogP) is 4.78. The number of thiophene rings is 1. The number of hydrogen-bond acceptors (Lipinski definition) is 2. The minimum Gasteiger partial charge on any atom is -0.378 e. The van der Waals surface area contributed by atoms with Crippen LogP contribution in [0.1, 0.15) is 46.7 Å². The minimum absolute atomic E-state index is 0.332. The van der Waals surface area contributed by atoms with E-state index in [-0.39, 0.29) is 0 Å². The van der Waals surface area contributed by atoms with Gasteiger partial charge < -0.3 is 5.32 Å². The average molecular weight is 281 g/mol. The molecule has 1 aromatic carbocycles. The van der Waals surface area contributed by atoms with Crippen molar-refractivity contribution in [1.29, 1.82) is 0 Å². The van der Waals surface area contributed by atoms with Gasteiger partial charge in [-0.1, -0.05) is 12.0 Å². The van der Waals surface area contributed by atoms with Gasteiger partial charge in [-0.3, -0.25) is 0 Å². The second kappa shape index (κ2) is 5.73. The third-order valence-electron chi connectivity index (χ3n) is 3.85. The lowest BCUT2D eigenvalue weighted by Gasteiger charge is -2.13. The molecule has 1 atom stereocenters. The van der Waals surface area contributed by atoms with E-state index in [0.29, 0.717) is 6.04 Å². The standard InChI is InChI=1S/C18H19NS/c1-3-14-7-6-9-16(11-14)19-13(2)18-12-15-8-4-5-10-17(15)20-18/h1,6-7,9,11-13,19H,4-5,8,10H2,2H3. The molecule has 1 unspecified atom stereocenters. The fourth-order valence-electron chi connectivity index (χ4n) is 2.75. The Kier molecular flexibility index (Phi) is 3.80. The molecule has 102 valence electrons. The molecule has 1 heterocycles. The zero-order chi connectivity index (χ0) is 13.9. The SMILES string of the molecule is C#Cc1cccc(NC(C)c2cc3c(s2)CCCC3)c1. The second-order valence-corrected chi connectivity index (χ2v) is 6.56. The highest BCUT2D eigenvalue weighted by molar-refractivity contribution is 7.12. The summed E-state index contributed by atoms with van der Waals surface area (Å²) in [5, 5.41) is 3.56. The van der Waals surface area contributed by atoms with E-state index < -0.39 is 0 Å². The number of hydrogen-bond donors (Lipinski definition) is 1. The van der Waals surface area contributed by atoms with Crippen LogP contribution < -0.4 is 5.32 Å². The Morgan fingerprint density at radius 3 is 2.90 bits per heavy atom. The van der Waals surface area contributed by atoms with Gasteiger partial charge in [0.25, 0.3) is 0 Å². The molecule has 2 heteroatoms. The number of rotatable bonds is 3. The van der Waals surface area contributed by atoms with E-state index in [0.717, 1.165) is 11.3 Å². The summed E-state index contributed by atoms with van der Waals surface area (Å²) in [4.78, 5) is 3.03.